The average Bonchev–Trinajstić information content (AvgIpc) is 2.91. The molecule has 112 valence electrons. The number of rotatable bonds is 4. The molecule has 0 aliphatic heterocycles. The number of halogens is 2. The number of carbonyl (C=O) groups is 1. The summed E-state index contributed by atoms with van der Waals surface area (Å²) in [7, 11) is 0. The summed E-state index contributed by atoms with van der Waals surface area (Å²) >= 11 is 11.9. The third-order valence-corrected chi connectivity index (χ3v) is 3.36. The molecule has 2 aromatic rings. The lowest BCUT2D eigenvalue weighted by atomic mass is 9.89. The van der Waals surface area contributed by atoms with Gasteiger partial charge in [0.05, 0.1) is 0 Å². The van der Waals surface area contributed by atoms with Crippen molar-refractivity contribution in [3.8, 4) is 5.88 Å². The van der Waals surface area contributed by atoms with Crippen LogP contribution in [-0.4, -0.2) is 15.3 Å². The Morgan fingerprint density at radius 1 is 1.24 bits per heavy atom. The summed E-state index contributed by atoms with van der Waals surface area (Å²) in [6, 6.07) is 6.78. The van der Waals surface area contributed by atoms with E-state index < -0.39 is 11.6 Å². The maximum Gasteiger partial charge on any atom is 0.237 e. The normalized spacial score (nSPS) is 13.0. The number of carbonyl (C=O) groups excluding carboxylic acids is 1. The van der Waals surface area contributed by atoms with Gasteiger partial charge in [-0.25, -0.2) is 4.98 Å². The fourth-order valence-corrected chi connectivity index (χ4v) is 2.00. The summed E-state index contributed by atoms with van der Waals surface area (Å²) in [4.78, 5) is 16.6. The number of pyridine rings is 1. The molecule has 0 amide bonds. The minimum absolute atomic E-state index is 0.0865. The van der Waals surface area contributed by atoms with Crippen LogP contribution in [0, 0.1) is 5.41 Å². The molecule has 0 aliphatic carbocycles. The number of hydrogen-bond acceptors (Lipinski definition) is 3. The highest BCUT2D eigenvalue weighted by molar-refractivity contribution is 6.33. The Morgan fingerprint density at radius 3 is 2.43 bits per heavy atom. The van der Waals surface area contributed by atoms with E-state index in [1.165, 1.54) is 0 Å². The van der Waals surface area contributed by atoms with Crippen molar-refractivity contribution in [1.29, 1.82) is 0 Å². The molecule has 2 aromatic heterocycles. The molecule has 0 spiro atoms. The zero-order valence-electron chi connectivity index (χ0n) is 12.0. The average molecular weight is 327 g/mol. The highest BCUT2D eigenvalue weighted by Crippen LogP contribution is 2.30. The molecule has 6 heteroatoms. The molecule has 0 aromatic carbocycles. The number of nitrogens with zero attached hydrogens (tertiary/aromatic N) is 2. The number of hydrogen-bond donors (Lipinski definition) is 0. The summed E-state index contributed by atoms with van der Waals surface area (Å²) in [5, 5.41) is 0.558. The molecule has 0 N–H and O–H groups in total. The van der Waals surface area contributed by atoms with Crippen LogP contribution in [0.5, 0.6) is 5.88 Å². The first-order chi connectivity index (χ1) is 9.79. The molecular weight excluding hydrogens is 311 g/mol. The predicted octanol–water partition coefficient (Wildman–Crippen LogP) is 4.38. The van der Waals surface area contributed by atoms with E-state index in [0.717, 1.165) is 0 Å². The van der Waals surface area contributed by atoms with Gasteiger partial charge in [0.15, 0.2) is 5.78 Å². The molecule has 1 atom stereocenters. The monoisotopic (exact) mass is 326 g/mol. The van der Waals surface area contributed by atoms with Crippen molar-refractivity contribution < 1.29 is 9.53 Å². The Hall–Kier alpha value is -1.52. The van der Waals surface area contributed by atoms with Crippen molar-refractivity contribution in [3.05, 3.63) is 46.8 Å². The van der Waals surface area contributed by atoms with Gasteiger partial charge in [-0.3, -0.25) is 4.79 Å². The third-order valence-electron chi connectivity index (χ3n) is 2.86. The van der Waals surface area contributed by atoms with Gasteiger partial charge in [0, 0.05) is 17.8 Å². The second-order valence-electron chi connectivity index (χ2n) is 5.64. The molecule has 0 radical (unpaired) electrons. The van der Waals surface area contributed by atoms with Crippen molar-refractivity contribution in [1.82, 2.24) is 9.55 Å². The Morgan fingerprint density at radius 2 is 1.86 bits per heavy atom. The summed E-state index contributed by atoms with van der Waals surface area (Å²) in [6.45, 7) is 5.51. The fourth-order valence-electron chi connectivity index (χ4n) is 1.71. The molecule has 1 unspecified atom stereocenters. The maximum atomic E-state index is 12.6. The standard InChI is InChI=1S/C15H16Cl2N2O2/c1-15(2,3)12(20)14(19-8-4-5-9-19)21-13-10(16)6-7-11(17)18-13/h4-9,14H,1-3H3. The highest BCUT2D eigenvalue weighted by Gasteiger charge is 2.33. The SMILES string of the molecule is CC(C)(C)C(=O)C(Oc1nc(Cl)ccc1Cl)n1cccc1. The molecule has 0 saturated heterocycles. The largest absolute Gasteiger partial charge is 0.444 e. The van der Waals surface area contributed by atoms with Crippen LogP contribution in [0.4, 0.5) is 0 Å². The van der Waals surface area contributed by atoms with E-state index in [0.29, 0.717) is 5.02 Å². The van der Waals surface area contributed by atoms with Crippen LogP contribution in [0.15, 0.2) is 36.7 Å². The van der Waals surface area contributed by atoms with Gasteiger partial charge in [-0.2, -0.15) is 0 Å². The highest BCUT2D eigenvalue weighted by atomic mass is 35.5. The van der Waals surface area contributed by atoms with Crippen LogP contribution in [0.3, 0.4) is 0 Å². The Kier molecular flexibility index (Phi) is 4.59. The molecule has 4 nitrogen and oxygen atoms in total. The molecule has 0 bridgehead atoms. The minimum atomic E-state index is -0.844. The first kappa shape index (κ1) is 15.9. The van der Waals surface area contributed by atoms with Crippen LogP contribution in [-0.2, 0) is 4.79 Å². The second kappa shape index (κ2) is 6.08. The van der Waals surface area contributed by atoms with Gasteiger partial charge in [-0.1, -0.05) is 44.0 Å². The third kappa shape index (κ3) is 3.77. The van der Waals surface area contributed by atoms with E-state index in [4.69, 9.17) is 27.9 Å². The van der Waals surface area contributed by atoms with Gasteiger partial charge in [-0.05, 0) is 24.3 Å². The Balaban J connectivity index is 2.37. The molecule has 2 rings (SSSR count). The molecule has 2 heterocycles. The molecule has 0 fully saturated rings. The molecule has 21 heavy (non-hydrogen) atoms. The number of ether oxygens (including phenoxy) is 1. The van der Waals surface area contributed by atoms with Gasteiger partial charge < -0.3 is 9.30 Å². The lowest BCUT2D eigenvalue weighted by Gasteiger charge is -2.26. The minimum Gasteiger partial charge on any atom is -0.444 e. The van der Waals surface area contributed by atoms with E-state index in [-0.39, 0.29) is 16.8 Å². The quantitative estimate of drug-likeness (QED) is 0.783. The van der Waals surface area contributed by atoms with E-state index in [1.54, 1.807) is 29.1 Å². The molecule has 0 aliphatic rings. The lowest BCUT2D eigenvalue weighted by molar-refractivity contribution is -0.137. The van der Waals surface area contributed by atoms with Crippen molar-refractivity contribution in [3.63, 3.8) is 0 Å². The Bertz CT molecular complexity index is 634. The van der Waals surface area contributed by atoms with Crippen LogP contribution < -0.4 is 4.74 Å². The maximum absolute atomic E-state index is 12.6. The van der Waals surface area contributed by atoms with Crippen molar-refractivity contribution >= 4 is 29.0 Å². The predicted molar refractivity (Wildman–Crippen MR) is 82.8 cm³/mol. The first-order valence-electron chi connectivity index (χ1n) is 6.44. The lowest BCUT2D eigenvalue weighted by Crippen LogP contribution is -2.33. The van der Waals surface area contributed by atoms with E-state index in [1.807, 2.05) is 32.9 Å². The van der Waals surface area contributed by atoms with Crippen molar-refractivity contribution in [2.75, 3.05) is 0 Å². The number of aromatic nitrogens is 2. The second-order valence-corrected chi connectivity index (χ2v) is 6.43. The summed E-state index contributed by atoms with van der Waals surface area (Å²) in [5.74, 6) is 0.0528. The van der Waals surface area contributed by atoms with Gasteiger partial charge in [0.1, 0.15) is 10.2 Å². The van der Waals surface area contributed by atoms with E-state index >= 15 is 0 Å². The van der Waals surface area contributed by atoms with Gasteiger partial charge in [-0.15, -0.1) is 0 Å². The zero-order chi connectivity index (χ0) is 15.6. The summed E-state index contributed by atoms with van der Waals surface area (Å²) in [6.07, 6.45) is 2.67. The fraction of sp³-hybridized carbons (Fsp3) is 0.333. The van der Waals surface area contributed by atoms with Crippen LogP contribution in [0.1, 0.15) is 27.0 Å². The van der Waals surface area contributed by atoms with E-state index in [2.05, 4.69) is 4.98 Å². The van der Waals surface area contributed by atoms with Gasteiger partial charge >= 0.3 is 0 Å². The summed E-state index contributed by atoms with van der Waals surface area (Å²) < 4.78 is 7.42. The number of ketones is 1. The smallest absolute Gasteiger partial charge is 0.237 e. The molecule has 0 saturated carbocycles. The zero-order valence-corrected chi connectivity index (χ0v) is 13.5. The van der Waals surface area contributed by atoms with Gasteiger partial charge in [0.2, 0.25) is 12.1 Å². The Labute approximate surface area is 133 Å². The van der Waals surface area contributed by atoms with Crippen molar-refractivity contribution in [2.24, 2.45) is 5.41 Å². The van der Waals surface area contributed by atoms with Crippen LogP contribution >= 0.6 is 23.2 Å². The number of Topliss-reactive ketones (excluding diaryl/α,β-unsaturated/α-hetero) is 1. The van der Waals surface area contributed by atoms with Gasteiger partial charge in [0.25, 0.3) is 0 Å². The first-order valence-corrected chi connectivity index (χ1v) is 7.20. The summed E-state index contributed by atoms with van der Waals surface area (Å²) in [5.41, 5.74) is -0.569. The van der Waals surface area contributed by atoms with Crippen LogP contribution in [0.25, 0.3) is 0 Å². The van der Waals surface area contributed by atoms with Crippen molar-refractivity contribution in [2.45, 2.75) is 27.0 Å². The topological polar surface area (TPSA) is 44.1 Å². The molecular formula is C15H16Cl2N2O2. The van der Waals surface area contributed by atoms with Crippen LogP contribution in [0.2, 0.25) is 10.2 Å². The van der Waals surface area contributed by atoms with E-state index in [9.17, 15) is 4.79 Å².